The minimum atomic E-state index is -1.32. The number of hydrogen-bond acceptors (Lipinski definition) is 3. The summed E-state index contributed by atoms with van der Waals surface area (Å²) in [7, 11) is 0. The van der Waals surface area contributed by atoms with Crippen LogP contribution in [0.15, 0.2) is 95.5 Å². The monoisotopic (exact) mass is 672 g/mol. The minimum absolute atomic E-state index is 0.141. The van der Waals surface area contributed by atoms with Gasteiger partial charge in [-0.25, -0.2) is 0 Å². The molecule has 1 heterocycles. The highest BCUT2D eigenvalue weighted by molar-refractivity contribution is 9.10. The van der Waals surface area contributed by atoms with Crippen molar-refractivity contribution in [2.45, 2.75) is 36.1 Å². The topological polar surface area (TPSA) is 66.5 Å². The van der Waals surface area contributed by atoms with Gasteiger partial charge in [-0.15, -0.1) is 23.2 Å². The highest BCUT2D eigenvalue weighted by Crippen LogP contribution is 2.69. The Morgan fingerprint density at radius 2 is 1.21 bits per heavy atom. The van der Waals surface area contributed by atoms with Crippen LogP contribution in [-0.4, -0.2) is 28.7 Å². The number of anilines is 1. The van der Waals surface area contributed by atoms with Gasteiger partial charge in [0.15, 0.2) is 0 Å². The van der Waals surface area contributed by atoms with E-state index >= 15 is 0 Å². The summed E-state index contributed by atoms with van der Waals surface area (Å²) in [6, 6.07) is 27.0. The van der Waals surface area contributed by atoms with Crippen LogP contribution in [0.3, 0.4) is 0 Å². The molecule has 216 valence electrons. The van der Waals surface area contributed by atoms with Gasteiger partial charge in [-0.05, 0) is 64.9 Å². The summed E-state index contributed by atoms with van der Waals surface area (Å²) in [5, 5.41) is 2.99. The fourth-order valence-electron chi connectivity index (χ4n) is 7.38. The SMILES string of the molecule is Cc1cc(NC(=O)[C@H](Cc2ccccc2)N2C(=O)[C@@H]3[C@@H](C2=O)C2(Cl)c4ccccc4C3(Cl)c3ccccc32)cc(C)c1Br. The summed E-state index contributed by atoms with van der Waals surface area (Å²) in [6.07, 6.45) is 0.141. The third kappa shape index (κ3) is 3.92. The van der Waals surface area contributed by atoms with Gasteiger partial charge in [-0.2, -0.15) is 0 Å². The fourth-order valence-corrected chi connectivity index (χ4v) is 8.70. The Balaban J connectivity index is 1.36. The van der Waals surface area contributed by atoms with Crippen LogP contribution in [0.2, 0.25) is 0 Å². The van der Waals surface area contributed by atoms with E-state index < -0.39 is 45.3 Å². The van der Waals surface area contributed by atoms with E-state index in [-0.39, 0.29) is 6.42 Å². The first kappa shape index (κ1) is 28.3. The third-order valence-electron chi connectivity index (χ3n) is 9.21. The van der Waals surface area contributed by atoms with E-state index in [1.807, 2.05) is 105 Å². The number of hydrogen-bond donors (Lipinski definition) is 1. The molecule has 0 saturated carbocycles. The van der Waals surface area contributed by atoms with Crippen molar-refractivity contribution < 1.29 is 14.4 Å². The third-order valence-corrected chi connectivity index (χ3v) is 11.7. The van der Waals surface area contributed by atoms with Gasteiger partial charge in [0.1, 0.15) is 15.8 Å². The van der Waals surface area contributed by atoms with E-state index in [0.29, 0.717) is 5.69 Å². The summed E-state index contributed by atoms with van der Waals surface area (Å²) in [5.74, 6) is -3.39. The molecule has 0 aromatic heterocycles. The van der Waals surface area contributed by atoms with Gasteiger partial charge < -0.3 is 5.32 Å². The first-order chi connectivity index (χ1) is 20.6. The normalized spacial score (nSPS) is 25.7. The zero-order chi connectivity index (χ0) is 30.3. The maximum absolute atomic E-state index is 14.6. The van der Waals surface area contributed by atoms with E-state index in [0.717, 1.165) is 48.3 Å². The molecule has 0 radical (unpaired) electrons. The summed E-state index contributed by atoms with van der Waals surface area (Å²) < 4.78 is 0.953. The number of benzene rings is 4. The van der Waals surface area contributed by atoms with Crippen LogP contribution in [0.4, 0.5) is 5.69 Å². The highest BCUT2D eigenvalue weighted by atomic mass is 79.9. The average molecular weight is 674 g/mol. The molecular weight excluding hydrogens is 647 g/mol. The van der Waals surface area contributed by atoms with Crippen molar-refractivity contribution in [2.24, 2.45) is 11.8 Å². The summed E-state index contributed by atoms with van der Waals surface area (Å²) in [6.45, 7) is 3.88. The second-order valence-corrected chi connectivity index (χ2v) is 13.6. The first-order valence-corrected chi connectivity index (χ1v) is 15.7. The van der Waals surface area contributed by atoms with E-state index in [1.54, 1.807) is 0 Å². The maximum atomic E-state index is 14.6. The summed E-state index contributed by atoms with van der Waals surface area (Å²) in [4.78, 5) is 41.9. The van der Waals surface area contributed by atoms with Gasteiger partial charge in [0.25, 0.3) is 0 Å². The number of nitrogens with zero attached hydrogens (tertiary/aromatic N) is 1. The molecular formula is C35H27BrCl2N2O3. The van der Waals surface area contributed by atoms with Crippen LogP contribution in [0, 0.1) is 25.7 Å². The van der Waals surface area contributed by atoms with Crippen molar-refractivity contribution in [1.29, 1.82) is 0 Å². The van der Waals surface area contributed by atoms with E-state index in [4.69, 9.17) is 23.2 Å². The molecule has 4 aromatic rings. The van der Waals surface area contributed by atoms with E-state index in [2.05, 4.69) is 21.2 Å². The molecule has 4 aliphatic rings. The molecule has 3 atom stereocenters. The Kier molecular flexibility index (Phi) is 6.62. The van der Waals surface area contributed by atoms with Crippen LogP contribution in [-0.2, 0) is 30.6 Å². The lowest BCUT2D eigenvalue weighted by atomic mass is 9.54. The lowest BCUT2D eigenvalue weighted by Crippen LogP contribution is -2.57. The van der Waals surface area contributed by atoms with Crippen molar-refractivity contribution in [3.05, 3.63) is 134 Å². The Hall–Kier alpha value is -3.45. The van der Waals surface area contributed by atoms with Crippen molar-refractivity contribution in [3.8, 4) is 0 Å². The molecule has 1 saturated heterocycles. The molecule has 3 aliphatic carbocycles. The van der Waals surface area contributed by atoms with Gasteiger partial charge in [0, 0.05) is 16.6 Å². The molecule has 0 spiro atoms. The predicted molar refractivity (Wildman–Crippen MR) is 171 cm³/mol. The maximum Gasteiger partial charge on any atom is 0.248 e. The Morgan fingerprint density at radius 1 is 0.791 bits per heavy atom. The summed E-state index contributed by atoms with van der Waals surface area (Å²) >= 11 is 18.8. The van der Waals surface area contributed by atoms with Gasteiger partial charge in [0.05, 0.1) is 11.8 Å². The van der Waals surface area contributed by atoms with E-state index in [1.165, 1.54) is 0 Å². The van der Waals surface area contributed by atoms with Crippen molar-refractivity contribution >= 4 is 62.5 Å². The van der Waals surface area contributed by atoms with Crippen molar-refractivity contribution in [1.82, 2.24) is 4.90 Å². The standard InChI is InChI=1S/C35H27BrCl2N2O3/c1-19-16-22(17-20(2)30(19)36)39-31(41)27(18-21-10-4-3-5-11-21)40-32(42)28-29(33(40)43)35(38)24-13-7-6-12-23(24)34(28,37)25-14-8-9-15-26(25)35/h3-17,27-29H,18H2,1-2H3,(H,39,41)/t27-,28-,29-,34?,35?/m0/s1. The number of likely N-dealkylation sites (tertiary alicyclic amines) is 1. The van der Waals surface area contributed by atoms with Crippen molar-refractivity contribution in [2.75, 3.05) is 5.32 Å². The molecule has 1 fully saturated rings. The highest BCUT2D eigenvalue weighted by Gasteiger charge is 2.73. The second-order valence-electron chi connectivity index (χ2n) is 11.6. The van der Waals surface area contributed by atoms with Crippen LogP contribution < -0.4 is 5.32 Å². The van der Waals surface area contributed by atoms with E-state index in [9.17, 15) is 14.4 Å². The Morgan fingerprint density at radius 3 is 1.65 bits per heavy atom. The number of carbonyl (C=O) groups is 3. The molecule has 43 heavy (non-hydrogen) atoms. The van der Waals surface area contributed by atoms with Crippen LogP contribution in [0.1, 0.15) is 38.9 Å². The zero-order valence-corrected chi connectivity index (χ0v) is 26.5. The molecule has 2 bridgehead atoms. The smallest absolute Gasteiger partial charge is 0.248 e. The molecule has 8 rings (SSSR count). The second kappa shape index (κ2) is 10.0. The number of nitrogens with one attached hydrogen (secondary N) is 1. The quantitative estimate of drug-likeness (QED) is 0.180. The molecule has 0 unspecified atom stereocenters. The fraction of sp³-hybridized carbons (Fsp3) is 0.229. The number of imide groups is 1. The van der Waals surface area contributed by atoms with Crippen LogP contribution in [0.5, 0.6) is 0 Å². The largest absolute Gasteiger partial charge is 0.324 e. The number of alkyl halides is 2. The average Bonchev–Trinajstić information content (AvgIpc) is 3.28. The summed E-state index contributed by atoms with van der Waals surface area (Å²) in [5.41, 5.74) is 6.19. The number of amides is 3. The van der Waals surface area contributed by atoms with Gasteiger partial charge in [-0.1, -0.05) is 94.8 Å². The molecule has 1 N–H and O–H groups in total. The van der Waals surface area contributed by atoms with Crippen molar-refractivity contribution in [3.63, 3.8) is 0 Å². The molecule has 5 nitrogen and oxygen atoms in total. The first-order valence-electron chi connectivity index (χ1n) is 14.1. The molecule has 3 amide bonds. The zero-order valence-electron chi connectivity index (χ0n) is 23.4. The van der Waals surface area contributed by atoms with Gasteiger partial charge in [-0.3, -0.25) is 19.3 Å². The Labute approximate surface area is 268 Å². The van der Waals surface area contributed by atoms with Gasteiger partial charge >= 0.3 is 0 Å². The minimum Gasteiger partial charge on any atom is -0.324 e. The number of rotatable bonds is 5. The number of aryl methyl sites for hydroxylation is 2. The lowest BCUT2D eigenvalue weighted by Gasteiger charge is -2.54. The number of halogens is 3. The van der Waals surface area contributed by atoms with Crippen LogP contribution in [0.25, 0.3) is 0 Å². The molecule has 4 aromatic carbocycles. The van der Waals surface area contributed by atoms with Crippen LogP contribution >= 0.6 is 39.1 Å². The lowest BCUT2D eigenvalue weighted by molar-refractivity contribution is -0.146. The number of carbonyl (C=O) groups excluding carboxylic acids is 3. The Bertz CT molecular complexity index is 1700. The molecule has 1 aliphatic heterocycles. The molecule has 8 heteroatoms. The predicted octanol–water partition coefficient (Wildman–Crippen LogP) is 7.21. The van der Waals surface area contributed by atoms with Gasteiger partial charge in [0.2, 0.25) is 17.7 Å².